The average molecular weight is 266 g/mol. The molecule has 0 heterocycles. The molecule has 0 atom stereocenters. The second kappa shape index (κ2) is 4.76. The predicted molar refractivity (Wildman–Crippen MR) is 76.1 cm³/mol. The summed E-state index contributed by atoms with van der Waals surface area (Å²) in [5.41, 5.74) is 1.19. The molecule has 0 saturated heterocycles. The van der Waals surface area contributed by atoms with Crippen molar-refractivity contribution in [1.29, 1.82) is 0 Å². The van der Waals surface area contributed by atoms with Crippen LogP contribution in [-0.2, 0) is 5.41 Å². The highest BCUT2D eigenvalue weighted by Gasteiger charge is 2.23. The van der Waals surface area contributed by atoms with E-state index in [1.54, 1.807) is 12.1 Å². The van der Waals surface area contributed by atoms with Crippen molar-refractivity contribution in [3.05, 3.63) is 29.3 Å². The molecule has 0 aliphatic heterocycles. The lowest BCUT2D eigenvalue weighted by molar-refractivity contribution is 0.0694. The summed E-state index contributed by atoms with van der Waals surface area (Å²) in [6.45, 7) is 12.3. The van der Waals surface area contributed by atoms with Crippen molar-refractivity contribution >= 4 is 14.3 Å². The Hall–Kier alpha value is -1.29. The fourth-order valence-corrected chi connectivity index (χ4v) is 2.42. The van der Waals surface area contributed by atoms with Gasteiger partial charge in [-0.1, -0.05) is 26.8 Å². The SMILES string of the molecule is CC(C)(C)c1ccc(O[Si](C)(C)C)c(C(=O)O)c1. The van der Waals surface area contributed by atoms with Crippen LogP contribution in [0.15, 0.2) is 18.2 Å². The van der Waals surface area contributed by atoms with Crippen LogP contribution in [0, 0.1) is 0 Å². The Morgan fingerprint density at radius 2 is 1.78 bits per heavy atom. The van der Waals surface area contributed by atoms with Gasteiger partial charge in [0.1, 0.15) is 11.3 Å². The van der Waals surface area contributed by atoms with Gasteiger partial charge in [0, 0.05) is 0 Å². The number of carboxylic acids is 1. The Balaban J connectivity index is 3.26. The van der Waals surface area contributed by atoms with E-state index < -0.39 is 14.3 Å². The first-order chi connectivity index (χ1) is 8.00. The van der Waals surface area contributed by atoms with Gasteiger partial charge >= 0.3 is 5.97 Å². The Morgan fingerprint density at radius 3 is 2.17 bits per heavy atom. The molecule has 0 aromatic heterocycles. The lowest BCUT2D eigenvalue weighted by Gasteiger charge is -2.24. The third kappa shape index (κ3) is 3.87. The topological polar surface area (TPSA) is 46.5 Å². The number of hydrogen-bond donors (Lipinski definition) is 1. The van der Waals surface area contributed by atoms with E-state index in [4.69, 9.17) is 4.43 Å². The van der Waals surface area contributed by atoms with Gasteiger partial charge in [0.15, 0.2) is 0 Å². The maximum Gasteiger partial charge on any atom is 0.339 e. The summed E-state index contributed by atoms with van der Waals surface area (Å²) in [5, 5.41) is 9.29. The van der Waals surface area contributed by atoms with Crippen molar-refractivity contribution < 1.29 is 14.3 Å². The number of carbonyl (C=O) groups is 1. The van der Waals surface area contributed by atoms with Crippen molar-refractivity contribution in [1.82, 2.24) is 0 Å². The molecule has 3 nitrogen and oxygen atoms in total. The zero-order valence-electron chi connectivity index (χ0n) is 12.0. The quantitative estimate of drug-likeness (QED) is 0.844. The molecule has 0 fully saturated rings. The second-order valence-electron chi connectivity index (χ2n) is 6.48. The third-order valence-electron chi connectivity index (χ3n) is 2.49. The van der Waals surface area contributed by atoms with Gasteiger partial charge < -0.3 is 9.53 Å². The van der Waals surface area contributed by atoms with E-state index in [9.17, 15) is 9.90 Å². The highest BCUT2D eigenvalue weighted by Crippen LogP contribution is 2.29. The minimum absolute atomic E-state index is 0.0676. The van der Waals surface area contributed by atoms with E-state index in [2.05, 4.69) is 20.8 Å². The molecular formula is C14H22O3Si. The van der Waals surface area contributed by atoms with Crippen molar-refractivity contribution in [2.24, 2.45) is 0 Å². The average Bonchev–Trinajstić information content (AvgIpc) is 2.13. The minimum Gasteiger partial charge on any atom is -0.544 e. The van der Waals surface area contributed by atoms with Crippen LogP contribution in [0.2, 0.25) is 19.6 Å². The van der Waals surface area contributed by atoms with Gasteiger partial charge in [-0.3, -0.25) is 0 Å². The van der Waals surface area contributed by atoms with E-state index in [0.29, 0.717) is 5.75 Å². The van der Waals surface area contributed by atoms with E-state index >= 15 is 0 Å². The van der Waals surface area contributed by atoms with Crippen molar-refractivity contribution in [2.45, 2.75) is 45.8 Å². The van der Waals surface area contributed by atoms with Gasteiger partial charge in [-0.05, 0) is 42.8 Å². The molecule has 100 valence electrons. The fraction of sp³-hybridized carbons (Fsp3) is 0.500. The normalized spacial score (nSPS) is 12.3. The van der Waals surface area contributed by atoms with Crippen LogP contribution in [0.4, 0.5) is 0 Å². The summed E-state index contributed by atoms with van der Waals surface area (Å²) in [6, 6.07) is 5.45. The van der Waals surface area contributed by atoms with Crippen molar-refractivity contribution in [3.8, 4) is 5.75 Å². The summed E-state index contributed by atoms with van der Waals surface area (Å²) >= 11 is 0. The van der Waals surface area contributed by atoms with Crippen molar-refractivity contribution in [2.75, 3.05) is 0 Å². The Labute approximate surface area is 110 Å². The summed E-state index contributed by atoms with van der Waals surface area (Å²) in [6.07, 6.45) is 0. The van der Waals surface area contributed by atoms with Crippen LogP contribution < -0.4 is 4.43 Å². The number of benzene rings is 1. The zero-order valence-corrected chi connectivity index (χ0v) is 13.0. The molecule has 1 aromatic rings. The molecule has 0 unspecified atom stereocenters. The van der Waals surface area contributed by atoms with Crippen molar-refractivity contribution in [3.63, 3.8) is 0 Å². The highest BCUT2D eigenvalue weighted by atomic mass is 28.4. The molecule has 0 bridgehead atoms. The summed E-state index contributed by atoms with van der Waals surface area (Å²) in [5.74, 6) is -0.455. The van der Waals surface area contributed by atoms with Crippen LogP contribution >= 0.6 is 0 Å². The lowest BCUT2D eigenvalue weighted by atomic mass is 9.86. The molecule has 1 rings (SSSR count). The third-order valence-corrected chi connectivity index (χ3v) is 3.32. The molecule has 0 aliphatic carbocycles. The van der Waals surface area contributed by atoms with Gasteiger partial charge in [0.05, 0.1) is 0 Å². The first-order valence-corrected chi connectivity index (χ1v) is 9.48. The highest BCUT2D eigenvalue weighted by molar-refractivity contribution is 6.70. The van der Waals surface area contributed by atoms with Gasteiger partial charge in [0.2, 0.25) is 8.32 Å². The Bertz CT molecular complexity index is 453. The molecule has 0 radical (unpaired) electrons. The van der Waals surface area contributed by atoms with Crippen LogP contribution in [-0.4, -0.2) is 19.4 Å². The molecular weight excluding hydrogens is 244 g/mol. The van der Waals surface area contributed by atoms with E-state index in [0.717, 1.165) is 5.56 Å². The largest absolute Gasteiger partial charge is 0.544 e. The second-order valence-corrected chi connectivity index (χ2v) is 10.9. The van der Waals surface area contributed by atoms with Gasteiger partial charge in [-0.25, -0.2) is 4.79 Å². The van der Waals surface area contributed by atoms with Crippen LogP contribution in [0.3, 0.4) is 0 Å². The summed E-state index contributed by atoms with van der Waals surface area (Å²) < 4.78 is 5.82. The number of carboxylic acid groups (broad SMARTS) is 1. The van der Waals surface area contributed by atoms with E-state index in [1.807, 2.05) is 25.7 Å². The summed E-state index contributed by atoms with van der Waals surface area (Å²) in [4.78, 5) is 11.3. The lowest BCUT2D eigenvalue weighted by Crippen LogP contribution is -2.30. The molecule has 4 heteroatoms. The number of aromatic carboxylic acids is 1. The standard InChI is InChI=1S/C14H22O3Si/c1-14(2,3)10-7-8-12(17-18(4,5)6)11(9-10)13(15)16/h7-9H,1-6H3,(H,15,16). The van der Waals surface area contributed by atoms with E-state index in [1.165, 1.54) is 0 Å². The van der Waals surface area contributed by atoms with E-state index in [-0.39, 0.29) is 11.0 Å². The van der Waals surface area contributed by atoms with Crippen LogP contribution in [0.25, 0.3) is 0 Å². The first-order valence-electron chi connectivity index (χ1n) is 6.07. The maximum atomic E-state index is 11.3. The molecule has 18 heavy (non-hydrogen) atoms. The molecule has 0 amide bonds. The smallest absolute Gasteiger partial charge is 0.339 e. The molecule has 0 aliphatic rings. The number of rotatable bonds is 3. The monoisotopic (exact) mass is 266 g/mol. The molecule has 0 saturated carbocycles. The molecule has 0 spiro atoms. The molecule has 1 aromatic carbocycles. The van der Waals surface area contributed by atoms with Crippen LogP contribution in [0.5, 0.6) is 5.75 Å². The van der Waals surface area contributed by atoms with Gasteiger partial charge in [-0.15, -0.1) is 0 Å². The zero-order chi connectivity index (χ0) is 14.1. The predicted octanol–water partition coefficient (Wildman–Crippen LogP) is 3.90. The molecule has 1 N–H and O–H groups in total. The minimum atomic E-state index is -1.80. The number of hydrogen-bond acceptors (Lipinski definition) is 2. The van der Waals surface area contributed by atoms with Crippen LogP contribution in [0.1, 0.15) is 36.7 Å². The maximum absolute atomic E-state index is 11.3. The summed E-state index contributed by atoms with van der Waals surface area (Å²) in [7, 11) is -1.80. The van der Waals surface area contributed by atoms with Gasteiger partial charge in [-0.2, -0.15) is 0 Å². The first kappa shape index (κ1) is 14.8. The Morgan fingerprint density at radius 1 is 1.22 bits per heavy atom. The fourth-order valence-electron chi connectivity index (χ4n) is 1.58. The van der Waals surface area contributed by atoms with Gasteiger partial charge in [0.25, 0.3) is 0 Å². The Kier molecular flexibility index (Phi) is 3.91.